The van der Waals surface area contributed by atoms with E-state index in [1.165, 1.54) is 24.0 Å². The molecule has 31 heavy (non-hydrogen) atoms. The van der Waals surface area contributed by atoms with Crippen molar-refractivity contribution in [3.05, 3.63) is 65.2 Å². The van der Waals surface area contributed by atoms with E-state index in [4.69, 9.17) is 12.6 Å². The zero-order valence-electron chi connectivity index (χ0n) is 20.3. The summed E-state index contributed by atoms with van der Waals surface area (Å²) in [6, 6.07) is 12.4. The molecule has 2 aromatic carbocycles. The molecule has 0 aliphatic rings. The molecule has 2 aromatic rings. The topological polar surface area (TPSA) is 83.9 Å². The van der Waals surface area contributed by atoms with Crippen LogP contribution in [0.5, 0.6) is 5.75 Å². The summed E-state index contributed by atoms with van der Waals surface area (Å²) in [6.07, 6.45) is 1.99. The largest absolute Gasteiger partial charge is 0.493 e. The normalized spacial score (nSPS) is 12.1. The molecule has 0 aliphatic carbocycles. The van der Waals surface area contributed by atoms with Crippen molar-refractivity contribution >= 4 is 17.7 Å². The van der Waals surface area contributed by atoms with E-state index < -0.39 is 24.4 Å². The van der Waals surface area contributed by atoms with Crippen molar-refractivity contribution in [3.8, 4) is 5.75 Å². The quantitative estimate of drug-likeness (QED) is 0.382. The minimum Gasteiger partial charge on any atom is -0.493 e. The minimum absolute atomic E-state index is 0.109. The van der Waals surface area contributed by atoms with Gasteiger partial charge in [-0.05, 0) is 58.2 Å². The highest BCUT2D eigenvalue weighted by molar-refractivity contribution is 5.97. The number of unbranched alkanes of at least 4 members (excludes halogenated alkanes) is 2. The molecule has 0 aliphatic heterocycles. The van der Waals surface area contributed by atoms with Gasteiger partial charge in [0.2, 0.25) is 0 Å². The Bertz CT molecular complexity index is 973. The minimum atomic E-state index is -2.16. The number of hydrogen-bond donors (Lipinski definition) is 1. The lowest BCUT2D eigenvalue weighted by molar-refractivity contribution is -0.137. The maximum atomic E-state index is 13.3. The molecule has 6 nitrogen and oxygen atoms in total. The van der Waals surface area contributed by atoms with E-state index in [1.807, 2.05) is 0 Å². The molecule has 0 saturated carbocycles. The van der Waals surface area contributed by atoms with Crippen molar-refractivity contribution in [2.24, 2.45) is 0 Å². The van der Waals surface area contributed by atoms with Crippen molar-refractivity contribution in [2.75, 3.05) is 6.61 Å². The first-order valence-electron chi connectivity index (χ1n) is 11.4. The summed E-state index contributed by atoms with van der Waals surface area (Å²) in [4.78, 5) is 36.6. The van der Waals surface area contributed by atoms with E-state index >= 15 is 0 Å². The summed E-state index contributed by atoms with van der Waals surface area (Å²) in [5, 5.41) is 8.72. The Kier molecular flexibility index (Phi) is 8.09. The van der Waals surface area contributed by atoms with Crippen LogP contribution < -0.4 is 4.74 Å². The van der Waals surface area contributed by atoms with Gasteiger partial charge in [0.25, 0.3) is 5.91 Å². The van der Waals surface area contributed by atoms with Gasteiger partial charge in [-0.15, -0.1) is 0 Å². The number of nitrogens with zero attached hydrogens (tertiary/aromatic N) is 1. The molecule has 166 valence electrons. The number of carbonyl (C=O) groups excluding carboxylic acids is 2. The Morgan fingerprint density at radius 2 is 1.65 bits per heavy atom. The Balaban J connectivity index is 2.23. The van der Waals surface area contributed by atoms with Crippen molar-refractivity contribution < 1.29 is 27.0 Å². The Labute approximate surface area is 186 Å². The van der Waals surface area contributed by atoms with E-state index in [9.17, 15) is 14.4 Å². The van der Waals surface area contributed by atoms with Gasteiger partial charge >= 0.3 is 5.97 Å². The van der Waals surface area contributed by atoms with Crippen LogP contribution >= 0.6 is 0 Å². The predicted molar refractivity (Wildman–Crippen MR) is 119 cm³/mol. The zero-order chi connectivity index (χ0) is 24.6. The number of benzene rings is 2. The molecule has 0 unspecified atom stereocenters. The maximum Gasteiger partial charge on any atom is 0.303 e. The SMILES string of the molecule is [2H]C([2H])(c1ccccc1OCCCCCC(=O)O)N(C(=O)c1ccc(C(C)=O)cc1)C(C)C. The highest BCUT2D eigenvalue weighted by Crippen LogP contribution is 2.23. The molecular weight excluding hydrogens is 394 g/mol. The van der Waals surface area contributed by atoms with Crippen LogP contribution in [-0.4, -0.2) is 40.3 Å². The number of carboxylic acid groups (broad SMARTS) is 1. The Morgan fingerprint density at radius 1 is 1.00 bits per heavy atom. The number of carbonyl (C=O) groups is 3. The molecule has 0 atom stereocenters. The zero-order valence-corrected chi connectivity index (χ0v) is 18.3. The number of amides is 1. The van der Waals surface area contributed by atoms with Crippen molar-refractivity contribution in [1.82, 2.24) is 4.90 Å². The molecule has 0 bridgehead atoms. The summed E-state index contributed by atoms with van der Waals surface area (Å²) < 4.78 is 23.5. The summed E-state index contributed by atoms with van der Waals surface area (Å²) in [6.45, 7) is 3.08. The van der Waals surface area contributed by atoms with E-state index in [2.05, 4.69) is 0 Å². The fourth-order valence-corrected chi connectivity index (χ4v) is 2.95. The van der Waals surface area contributed by atoms with Gasteiger partial charge in [0.1, 0.15) is 5.75 Å². The average Bonchev–Trinajstić information content (AvgIpc) is 2.75. The van der Waals surface area contributed by atoms with Gasteiger partial charge < -0.3 is 14.7 Å². The monoisotopic (exact) mass is 427 g/mol. The maximum absolute atomic E-state index is 13.3. The van der Waals surface area contributed by atoms with E-state index in [0.29, 0.717) is 37.2 Å². The highest BCUT2D eigenvalue weighted by Gasteiger charge is 2.21. The van der Waals surface area contributed by atoms with Crippen molar-refractivity contribution in [2.45, 2.75) is 59.0 Å². The van der Waals surface area contributed by atoms with Crippen LogP contribution in [0.2, 0.25) is 0 Å². The van der Waals surface area contributed by atoms with Gasteiger partial charge in [-0.2, -0.15) is 0 Å². The summed E-state index contributed by atoms with van der Waals surface area (Å²) in [7, 11) is 0. The third-order valence-corrected chi connectivity index (χ3v) is 4.69. The van der Waals surface area contributed by atoms with Gasteiger partial charge in [0.15, 0.2) is 5.78 Å². The van der Waals surface area contributed by atoms with Crippen LogP contribution in [0.25, 0.3) is 0 Å². The first-order chi connectivity index (χ1) is 15.6. The van der Waals surface area contributed by atoms with Crippen molar-refractivity contribution in [3.63, 3.8) is 0 Å². The molecule has 0 radical (unpaired) electrons. The lowest BCUT2D eigenvalue weighted by Gasteiger charge is -2.28. The van der Waals surface area contributed by atoms with Crippen LogP contribution in [0.3, 0.4) is 0 Å². The number of aliphatic carboxylic acids is 1. The third kappa shape index (κ3) is 7.55. The molecular formula is C25H31NO5. The predicted octanol–water partition coefficient (Wildman–Crippen LogP) is 4.96. The van der Waals surface area contributed by atoms with Gasteiger partial charge in [-0.1, -0.05) is 30.3 Å². The third-order valence-electron chi connectivity index (χ3n) is 4.69. The second-order valence-corrected chi connectivity index (χ2v) is 7.56. The number of rotatable bonds is 12. The summed E-state index contributed by atoms with van der Waals surface area (Å²) >= 11 is 0. The number of Topliss-reactive ketones (excluding diaryl/α,β-unsaturated/α-hetero) is 1. The van der Waals surface area contributed by atoms with Crippen LogP contribution in [0.1, 0.15) is 75.5 Å². The molecule has 0 fully saturated rings. The smallest absolute Gasteiger partial charge is 0.303 e. The molecule has 1 N–H and O–H groups in total. The number of para-hydroxylation sites is 1. The van der Waals surface area contributed by atoms with E-state index in [0.717, 1.165) is 0 Å². The lowest BCUT2D eigenvalue weighted by Crippen LogP contribution is -2.36. The van der Waals surface area contributed by atoms with Crippen LogP contribution in [0.4, 0.5) is 0 Å². The van der Waals surface area contributed by atoms with E-state index in [-0.39, 0.29) is 23.3 Å². The first-order valence-corrected chi connectivity index (χ1v) is 10.4. The van der Waals surface area contributed by atoms with Gasteiger partial charge in [-0.25, -0.2) is 0 Å². The van der Waals surface area contributed by atoms with Gasteiger partial charge in [0, 0.05) is 35.6 Å². The molecule has 0 saturated heterocycles. The van der Waals surface area contributed by atoms with Gasteiger partial charge in [-0.3, -0.25) is 14.4 Å². The second kappa shape index (κ2) is 11.9. The molecule has 0 aromatic heterocycles. The average molecular weight is 428 g/mol. The molecule has 1 amide bonds. The lowest BCUT2D eigenvalue weighted by atomic mass is 10.1. The number of ether oxygens (including phenoxy) is 1. The number of carboxylic acids is 1. The Hall–Kier alpha value is -3.15. The summed E-state index contributed by atoms with van der Waals surface area (Å²) in [5.41, 5.74) is 1.00. The van der Waals surface area contributed by atoms with Crippen LogP contribution in [-0.2, 0) is 11.3 Å². The first kappa shape index (κ1) is 21.1. The molecule has 2 rings (SSSR count). The standard InChI is InChI=1S/C25H31NO5/c1-18(2)26(25(30)21-14-12-20(13-15-21)19(3)27)17-22-9-6-7-10-23(22)31-16-8-4-5-11-24(28)29/h6-7,9-10,12-15,18H,4-5,8,11,16-17H2,1-3H3,(H,28,29)/i17D2. The Morgan fingerprint density at radius 3 is 2.26 bits per heavy atom. The van der Waals surface area contributed by atoms with Crippen LogP contribution in [0, 0.1) is 0 Å². The van der Waals surface area contributed by atoms with E-state index in [1.54, 1.807) is 50.2 Å². The molecule has 0 spiro atoms. The highest BCUT2D eigenvalue weighted by atomic mass is 16.5. The summed E-state index contributed by atoms with van der Waals surface area (Å²) in [5.74, 6) is -1.09. The fraction of sp³-hybridized carbons (Fsp3) is 0.400. The van der Waals surface area contributed by atoms with Gasteiger partial charge in [0.05, 0.1) is 9.35 Å². The van der Waals surface area contributed by atoms with Crippen molar-refractivity contribution in [1.29, 1.82) is 0 Å². The molecule has 6 heteroatoms. The number of ketones is 1. The number of hydrogen-bond acceptors (Lipinski definition) is 4. The van der Waals surface area contributed by atoms with Crippen LogP contribution in [0.15, 0.2) is 48.5 Å². The fourth-order valence-electron chi connectivity index (χ4n) is 2.95. The second-order valence-electron chi connectivity index (χ2n) is 7.56. The molecule has 0 heterocycles.